The summed E-state index contributed by atoms with van der Waals surface area (Å²) in [4.78, 5) is 0. The largest absolute Gasteiger partial charge is 0.419 e. The molecule has 0 spiro atoms. The number of alkyl halides is 3. The second kappa shape index (κ2) is 5.23. The Hall–Kier alpha value is -0.900. The summed E-state index contributed by atoms with van der Waals surface area (Å²) in [6.07, 6.45) is -4.64. The van der Waals surface area contributed by atoms with Crippen LogP contribution in [0.4, 0.5) is 13.2 Å². The fourth-order valence-electron chi connectivity index (χ4n) is 1.72. The van der Waals surface area contributed by atoms with Gasteiger partial charge in [0.1, 0.15) is 0 Å². The van der Waals surface area contributed by atoms with Crippen molar-refractivity contribution >= 4 is 34.8 Å². The van der Waals surface area contributed by atoms with Crippen LogP contribution >= 0.6 is 34.8 Å². The van der Waals surface area contributed by atoms with Crippen molar-refractivity contribution in [2.24, 2.45) is 0 Å². The van der Waals surface area contributed by atoms with E-state index in [9.17, 15) is 13.2 Å². The fraction of sp³-hybridized carbons (Fsp3) is 0.0769. The van der Waals surface area contributed by atoms with Crippen molar-refractivity contribution in [1.29, 1.82) is 0 Å². The third kappa shape index (κ3) is 2.83. The lowest BCUT2D eigenvalue weighted by molar-refractivity contribution is -0.137. The van der Waals surface area contributed by atoms with Crippen molar-refractivity contribution in [1.82, 2.24) is 0 Å². The summed E-state index contributed by atoms with van der Waals surface area (Å²) in [5.41, 5.74) is -0.445. The summed E-state index contributed by atoms with van der Waals surface area (Å²) in [6, 6.07) is 9.42. The van der Waals surface area contributed by atoms with Gasteiger partial charge in [0, 0.05) is 5.56 Å². The minimum absolute atomic E-state index is 0.0780. The highest BCUT2D eigenvalue weighted by atomic mass is 35.5. The Kier molecular flexibility index (Phi) is 4.00. The van der Waals surface area contributed by atoms with E-state index in [4.69, 9.17) is 34.8 Å². The molecule has 100 valence electrons. The van der Waals surface area contributed by atoms with Crippen LogP contribution in [0.5, 0.6) is 0 Å². The maximum Gasteiger partial charge on any atom is 0.419 e. The highest BCUT2D eigenvalue weighted by Gasteiger charge is 2.37. The monoisotopic (exact) mass is 324 g/mol. The average molecular weight is 326 g/mol. The molecule has 0 aliphatic heterocycles. The first-order valence-corrected chi connectivity index (χ1v) is 6.26. The third-order valence-electron chi connectivity index (χ3n) is 2.52. The van der Waals surface area contributed by atoms with Crippen LogP contribution in [-0.4, -0.2) is 0 Å². The molecule has 0 N–H and O–H groups in total. The molecular formula is C13H6Cl3F3. The minimum Gasteiger partial charge on any atom is -0.166 e. The van der Waals surface area contributed by atoms with E-state index >= 15 is 0 Å². The van der Waals surface area contributed by atoms with Crippen molar-refractivity contribution in [3.8, 4) is 11.1 Å². The molecule has 2 rings (SSSR count). The molecule has 0 atom stereocenters. The van der Waals surface area contributed by atoms with E-state index in [-0.39, 0.29) is 10.6 Å². The number of benzene rings is 2. The SMILES string of the molecule is FC(F)(F)c1c(Cl)cc(Cl)c(-c2ccccc2)c1Cl. The van der Waals surface area contributed by atoms with Crippen LogP contribution in [0, 0.1) is 0 Å². The summed E-state index contributed by atoms with van der Waals surface area (Å²) < 4.78 is 38.8. The van der Waals surface area contributed by atoms with Crippen LogP contribution in [0.15, 0.2) is 36.4 Å². The summed E-state index contributed by atoms with van der Waals surface area (Å²) in [7, 11) is 0. The number of halogens is 6. The Morgan fingerprint density at radius 2 is 1.42 bits per heavy atom. The van der Waals surface area contributed by atoms with Gasteiger partial charge in [-0.3, -0.25) is 0 Å². The average Bonchev–Trinajstić information content (AvgIpc) is 2.27. The second-order valence-corrected chi connectivity index (χ2v) is 4.96. The highest BCUT2D eigenvalue weighted by Crippen LogP contribution is 2.46. The molecule has 2 aromatic carbocycles. The van der Waals surface area contributed by atoms with Gasteiger partial charge in [0.05, 0.1) is 20.6 Å². The van der Waals surface area contributed by atoms with Gasteiger partial charge in [-0.1, -0.05) is 65.1 Å². The lowest BCUT2D eigenvalue weighted by atomic mass is 10.0. The molecule has 0 radical (unpaired) electrons. The zero-order chi connectivity index (χ0) is 14.2. The van der Waals surface area contributed by atoms with Gasteiger partial charge in [-0.05, 0) is 11.6 Å². The molecule has 0 heterocycles. The predicted molar refractivity (Wildman–Crippen MR) is 71.9 cm³/mol. The van der Waals surface area contributed by atoms with Gasteiger partial charge >= 0.3 is 6.18 Å². The first-order valence-electron chi connectivity index (χ1n) is 5.12. The zero-order valence-corrected chi connectivity index (χ0v) is 11.5. The number of hydrogen-bond donors (Lipinski definition) is 0. The van der Waals surface area contributed by atoms with Crippen LogP contribution in [0.3, 0.4) is 0 Å². The molecular weight excluding hydrogens is 319 g/mol. The van der Waals surface area contributed by atoms with Crippen molar-refractivity contribution < 1.29 is 13.2 Å². The summed E-state index contributed by atoms with van der Waals surface area (Å²) >= 11 is 17.4. The van der Waals surface area contributed by atoms with E-state index in [1.807, 2.05) is 0 Å². The van der Waals surface area contributed by atoms with Crippen LogP contribution in [0.1, 0.15) is 5.56 Å². The minimum atomic E-state index is -4.64. The fourth-order valence-corrected chi connectivity index (χ4v) is 2.92. The maximum atomic E-state index is 12.9. The molecule has 0 amide bonds. The Bertz CT molecular complexity index is 607. The molecule has 2 aromatic rings. The van der Waals surface area contributed by atoms with E-state index in [1.54, 1.807) is 30.3 Å². The van der Waals surface area contributed by atoms with Gasteiger partial charge in [0.25, 0.3) is 0 Å². The smallest absolute Gasteiger partial charge is 0.166 e. The molecule has 19 heavy (non-hydrogen) atoms. The Balaban J connectivity index is 2.77. The standard InChI is InChI=1S/C13H6Cl3F3/c14-8-6-9(15)11(13(17,18)19)12(16)10(8)7-4-2-1-3-5-7/h1-6H. The summed E-state index contributed by atoms with van der Waals surface area (Å²) in [5.74, 6) is 0. The van der Waals surface area contributed by atoms with Crippen molar-refractivity contribution in [2.75, 3.05) is 0 Å². The zero-order valence-electron chi connectivity index (χ0n) is 9.23. The van der Waals surface area contributed by atoms with Crippen LogP contribution in [-0.2, 0) is 6.18 Å². The predicted octanol–water partition coefficient (Wildman–Crippen LogP) is 6.33. The molecule has 0 aliphatic carbocycles. The molecule has 6 heteroatoms. The molecule has 0 aromatic heterocycles. The van der Waals surface area contributed by atoms with E-state index in [2.05, 4.69) is 0 Å². The Morgan fingerprint density at radius 3 is 1.95 bits per heavy atom. The molecule has 0 fully saturated rings. The molecule has 0 saturated carbocycles. The maximum absolute atomic E-state index is 12.9. The van der Waals surface area contributed by atoms with Gasteiger partial charge in [-0.2, -0.15) is 13.2 Å². The van der Waals surface area contributed by atoms with Gasteiger partial charge in [0.2, 0.25) is 0 Å². The summed E-state index contributed by atoms with van der Waals surface area (Å²) in [5, 5.41) is -0.924. The molecule has 0 bridgehead atoms. The van der Waals surface area contributed by atoms with Crippen LogP contribution in [0.25, 0.3) is 11.1 Å². The van der Waals surface area contributed by atoms with Crippen LogP contribution < -0.4 is 0 Å². The van der Waals surface area contributed by atoms with Crippen molar-refractivity contribution in [3.63, 3.8) is 0 Å². The Labute approximate surface area is 122 Å². The molecule has 0 nitrogen and oxygen atoms in total. The second-order valence-electron chi connectivity index (χ2n) is 3.77. The van der Waals surface area contributed by atoms with Gasteiger partial charge in [-0.15, -0.1) is 0 Å². The van der Waals surface area contributed by atoms with E-state index in [0.29, 0.717) is 5.56 Å². The normalized spacial score (nSPS) is 11.7. The molecule has 0 aliphatic rings. The topological polar surface area (TPSA) is 0 Å². The number of rotatable bonds is 1. The van der Waals surface area contributed by atoms with E-state index < -0.39 is 21.8 Å². The van der Waals surface area contributed by atoms with Gasteiger partial charge in [0.15, 0.2) is 0 Å². The first kappa shape index (κ1) is 14.5. The lowest BCUT2D eigenvalue weighted by Gasteiger charge is -2.16. The van der Waals surface area contributed by atoms with Gasteiger partial charge < -0.3 is 0 Å². The Morgan fingerprint density at radius 1 is 0.842 bits per heavy atom. The first-order chi connectivity index (χ1) is 8.82. The quantitative estimate of drug-likeness (QED) is 0.574. The van der Waals surface area contributed by atoms with Crippen molar-refractivity contribution in [3.05, 3.63) is 57.0 Å². The lowest BCUT2D eigenvalue weighted by Crippen LogP contribution is -2.08. The third-order valence-corrected chi connectivity index (χ3v) is 3.49. The molecule has 0 unspecified atom stereocenters. The number of hydrogen-bond acceptors (Lipinski definition) is 0. The van der Waals surface area contributed by atoms with E-state index in [0.717, 1.165) is 6.07 Å². The van der Waals surface area contributed by atoms with E-state index in [1.165, 1.54) is 0 Å². The van der Waals surface area contributed by atoms with Gasteiger partial charge in [-0.25, -0.2) is 0 Å². The summed E-state index contributed by atoms with van der Waals surface area (Å²) in [6.45, 7) is 0. The van der Waals surface area contributed by atoms with Crippen molar-refractivity contribution in [2.45, 2.75) is 6.18 Å². The highest BCUT2D eigenvalue weighted by molar-refractivity contribution is 6.42. The molecule has 0 saturated heterocycles. The van der Waals surface area contributed by atoms with Crippen LogP contribution in [0.2, 0.25) is 15.1 Å².